The van der Waals surface area contributed by atoms with Gasteiger partial charge in [0.1, 0.15) is 11.4 Å². The molecular formula is C18H24N4O2. The Bertz CT molecular complexity index is 690. The largest absolute Gasteiger partial charge is 0.497 e. The van der Waals surface area contributed by atoms with Crippen LogP contribution in [0.2, 0.25) is 0 Å². The van der Waals surface area contributed by atoms with Gasteiger partial charge >= 0.3 is 0 Å². The first-order valence-electron chi connectivity index (χ1n) is 8.37. The molecule has 1 saturated heterocycles. The zero-order valence-corrected chi connectivity index (χ0v) is 14.3. The van der Waals surface area contributed by atoms with Crippen LogP contribution in [0.1, 0.15) is 23.0 Å². The van der Waals surface area contributed by atoms with E-state index in [4.69, 9.17) is 4.74 Å². The highest BCUT2D eigenvalue weighted by atomic mass is 16.5. The maximum absolute atomic E-state index is 12.5. The Balaban J connectivity index is 1.54. The van der Waals surface area contributed by atoms with E-state index in [0.717, 1.165) is 45.0 Å². The Hall–Kier alpha value is -2.34. The molecule has 1 fully saturated rings. The van der Waals surface area contributed by atoms with Gasteiger partial charge in [-0.15, -0.1) is 0 Å². The second-order valence-corrected chi connectivity index (χ2v) is 5.98. The van der Waals surface area contributed by atoms with E-state index in [1.54, 1.807) is 17.9 Å². The highest BCUT2D eigenvalue weighted by Gasteiger charge is 2.23. The van der Waals surface area contributed by atoms with E-state index in [1.807, 2.05) is 30.2 Å². The molecule has 128 valence electrons. The molecule has 0 bridgehead atoms. The van der Waals surface area contributed by atoms with E-state index < -0.39 is 0 Å². The lowest BCUT2D eigenvalue weighted by Crippen LogP contribution is -2.48. The molecule has 0 N–H and O–H groups in total. The van der Waals surface area contributed by atoms with Crippen molar-refractivity contribution >= 4 is 5.91 Å². The summed E-state index contributed by atoms with van der Waals surface area (Å²) in [6.45, 7) is 6.89. The van der Waals surface area contributed by atoms with Crippen molar-refractivity contribution < 1.29 is 9.53 Å². The first-order valence-corrected chi connectivity index (χ1v) is 8.37. The molecule has 1 aromatic heterocycles. The molecule has 0 saturated carbocycles. The molecule has 0 aliphatic carbocycles. The number of rotatable bonds is 5. The minimum absolute atomic E-state index is 0.0308. The van der Waals surface area contributed by atoms with Crippen molar-refractivity contribution in [3.8, 4) is 5.75 Å². The number of carbonyl (C=O) groups is 1. The second kappa shape index (κ2) is 7.49. The monoisotopic (exact) mass is 328 g/mol. The number of hydrogen-bond donors (Lipinski definition) is 0. The van der Waals surface area contributed by atoms with Gasteiger partial charge in [0, 0.05) is 45.5 Å². The van der Waals surface area contributed by atoms with Gasteiger partial charge in [0.15, 0.2) is 0 Å². The average molecular weight is 328 g/mol. The number of methoxy groups -OCH3 is 1. The maximum Gasteiger partial charge on any atom is 0.274 e. The summed E-state index contributed by atoms with van der Waals surface area (Å²) in [7, 11) is 1.68. The van der Waals surface area contributed by atoms with Crippen LogP contribution in [0.3, 0.4) is 0 Å². The summed E-state index contributed by atoms with van der Waals surface area (Å²) in [6.07, 6.45) is 1.85. The van der Waals surface area contributed by atoms with Crippen molar-refractivity contribution in [2.24, 2.45) is 0 Å². The summed E-state index contributed by atoms with van der Waals surface area (Å²) >= 11 is 0. The molecule has 0 radical (unpaired) electrons. The zero-order valence-electron chi connectivity index (χ0n) is 14.3. The first kappa shape index (κ1) is 16.5. The number of benzene rings is 1. The van der Waals surface area contributed by atoms with Crippen molar-refractivity contribution in [3.63, 3.8) is 0 Å². The molecule has 3 rings (SSSR count). The number of ether oxygens (including phenoxy) is 1. The molecule has 24 heavy (non-hydrogen) atoms. The van der Waals surface area contributed by atoms with E-state index in [2.05, 4.69) is 22.1 Å². The van der Waals surface area contributed by atoms with Crippen LogP contribution >= 0.6 is 0 Å². The van der Waals surface area contributed by atoms with Gasteiger partial charge < -0.3 is 9.64 Å². The molecule has 0 unspecified atom stereocenters. The summed E-state index contributed by atoms with van der Waals surface area (Å²) in [6, 6.07) is 9.94. The lowest BCUT2D eigenvalue weighted by Gasteiger charge is -2.34. The number of aryl methyl sites for hydroxylation is 1. The van der Waals surface area contributed by atoms with Crippen LogP contribution in [0, 0.1) is 0 Å². The Morgan fingerprint density at radius 2 is 2.00 bits per heavy atom. The molecule has 1 aliphatic rings. The molecular weight excluding hydrogens is 304 g/mol. The average Bonchev–Trinajstić information content (AvgIpc) is 3.11. The molecule has 1 amide bonds. The molecule has 1 aromatic carbocycles. The third-order valence-corrected chi connectivity index (χ3v) is 4.38. The van der Waals surface area contributed by atoms with Gasteiger partial charge in [-0.25, -0.2) is 0 Å². The summed E-state index contributed by atoms with van der Waals surface area (Å²) in [5.74, 6) is 0.913. The van der Waals surface area contributed by atoms with Crippen molar-refractivity contribution in [3.05, 3.63) is 47.8 Å². The number of aromatic nitrogens is 2. The molecule has 6 nitrogen and oxygen atoms in total. The molecule has 0 atom stereocenters. The third kappa shape index (κ3) is 3.76. The minimum Gasteiger partial charge on any atom is -0.497 e. The first-order chi connectivity index (χ1) is 11.7. The van der Waals surface area contributed by atoms with E-state index in [9.17, 15) is 4.79 Å². The van der Waals surface area contributed by atoms with E-state index in [1.165, 1.54) is 5.56 Å². The van der Waals surface area contributed by atoms with Gasteiger partial charge in [0.2, 0.25) is 0 Å². The number of piperazine rings is 1. The molecule has 2 aromatic rings. The normalized spacial score (nSPS) is 15.5. The fourth-order valence-corrected chi connectivity index (χ4v) is 2.95. The number of hydrogen-bond acceptors (Lipinski definition) is 4. The van der Waals surface area contributed by atoms with Crippen LogP contribution < -0.4 is 4.74 Å². The van der Waals surface area contributed by atoms with E-state index in [0.29, 0.717) is 5.69 Å². The predicted octanol–water partition coefficient (Wildman–Crippen LogP) is 1.87. The second-order valence-electron chi connectivity index (χ2n) is 5.98. The Morgan fingerprint density at radius 3 is 2.67 bits per heavy atom. The zero-order chi connectivity index (χ0) is 16.9. The van der Waals surface area contributed by atoms with E-state index >= 15 is 0 Å². The molecule has 0 spiro atoms. The molecule has 2 heterocycles. The van der Waals surface area contributed by atoms with Crippen molar-refractivity contribution in [1.82, 2.24) is 19.6 Å². The number of nitrogens with zero attached hydrogens (tertiary/aromatic N) is 4. The lowest BCUT2D eigenvalue weighted by atomic mass is 10.2. The maximum atomic E-state index is 12.5. The van der Waals surface area contributed by atoms with Crippen LogP contribution in [0.25, 0.3) is 0 Å². The Labute approximate surface area is 142 Å². The van der Waals surface area contributed by atoms with Crippen LogP contribution in [-0.4, -0.2) is 58.8 Å². The Morgan fingerprint density at radius 1 is 1.21 bits per heavy atom. The van der Waals surface area contributed by atoms with Crippen LogP contribution in [0.5, 0.6) is 5.75 Å². The van der Waals surface area contributed by atoms with Gasteiger partial charge in [-0.1, -0.05) is 12.1 Å². The highest BCUT2D eigenvalue weighted by molar-refractivity contribution is 5.92. The van der Waals surface area contributed by atoms with Gasteiger partial charge in [-0.3, -0.25) is 14.4 Å². The quantitative estimate of drug-likeness (QED) is 0.841. The van der Waals surface area contributed by atoms with Crippen LogP contribution in [-0.2, 0) is 13.1 Å². The van der Waals surface area contributed by atoms with Crippen LogP contribution in [0.4, 0.5) is 0 Å². The van der Waals surface area contributed by atoms with Gasteiger partial charge in [-0.2, -0.15) is 5.10 Å². The highest BCUT2D eigenvalue weighted by Crippen LogP contribution is 2.16. The van der Waals surface area contributed by atoms with E-state index in [-0.39, 0.29) is 5.91 Å². The SMILES string of the molecule is CCn1ccc(C(=O)N2CCN(Cc3cccc(OC)c3)CC2)n1. The fourth-order valence-electron chi connectivity index (χ4n) is 2.95. The number of carbonyl (C=O) groups excluding carboxylic acids is 1. The standard InChI is InChI=1S/C18H24N4O2/c1-3-22-8-7-17(19-22)18(23)21-11-9-20(10-12-21)14-15-5-4-6-16(13-15)24-2/h4-8,13H,3,9-12,14H2,1-2H3. The van der Waals surface area contributed by atoms with Gasteiger partial charge in [-0.05, 0) is 30.7 Å². The van der Waals surface area contributed by atoms with Gasteiger partial charge in [0.05, 0.1) is 7.11 Å². The van der Waals surface area contributed by atoms with Crippen LogP contribution in [0.15, 0.2) is 36.5 Å². The smallest absolute Gasteiger partial charge is 0.274 e. The fraction of sp³-hybridized carbons (Fsp3) is 0.444. The molecule has 1 aliphatic heterocycles. The summed E-state index contributed by atoms with van der Waals surface area (Å²) < 4.78 is 7.06. The minimum atomic E-state index is 0.0308. The Kier molecular flexibility index (Phi) is 5.15. The summed E-state index contributed by atoms with van der Waals surface area (Å²) in [4.78, 5) is 16.8. The van der Waals surface area contributed by atoms with Crippen molar-refractivity contribution in [2.45, 2.75) is 20.0 Å². The third-order valence-electron chi connectivity index (χ3n) is 4.38. The van der Waals surface area contributed by atoms with Gasteiger partial charge in [0.25, 0.3) is 5.91 Å². The molecule has 6 heteroatoms. The topological polar surface area (TPSA) is 50.6 Å². The predicted molar refractivity (Wildman–Crippen MR) is 92.1 cm³/mol. The van der Waals surface area contributed by atoms with Crippen molar-refractivity contribution in [2.75, 3.05) is 33.3 Å². The number of amides is 1. The summed E-state index contributed by atoms with van der Waals surface area (Å²) in [5.41, 5.74) is 1.77. The lowest BCUT2D eigenvalue weighted by molar-refractivity contribution is 0.0622. The summed E-state index contributed by atoms with van der Waals surface area (Å²) in [5, 5.41) is 4.31. The van der Waals surface area contributed by atoms with Crippen molar-refractivity contribution in [1.29, 1.82) is 0 Å².